The Hall–Kier alpha value is -2.48. The quantitative estimate of drug-likeness (QED) is 0.663. The number of benzene rings is 2. The first kappa shape index (κ1) is 12.5. The number of hydrogen-bond acceptors (Lipinski definition) is 2. The molecule has 2 heteroatoms. The normalized spacial score (nSPS) is 10.6. The molecule has 0 saturated heterocycles. The van der Waals surface area contributed by atoms with Crippen LogP contribution < -0.4 is 0 Å². The summed E-state index contributed by atoms with van der Waals surface area (Å²) in [6.45, 7) is 0. The number of hydrogen-bond donors (Lipinski definition) is 0. The van der Waals surface area contributed by atoms with Crippen LogP contribution in [0.25, 0.3) is 10.8 Å². The summed E-state index contributed by atoms with van der Waals surface area (Å²) >= 11 is 0. The first-order valence-electron chi connectivity index (χ1n) is 6.75. The largest absolute Gasteiger partial charge is 0.294 e. The van der Waals surface area contributed by atoms with Gasteiger partial charge in [-0.25, -0.2) is 0 Å². The molecule has 98 valence electrons. The topological polar surface area (TPSA) is 30.0 Å². The lowest BCUT2D eigenvalue weighted by Crippen LogP contribution is -2.02. The summed E-state index contributed by atoms with van der Waals surface area (Å²) in [6.07, 6.45) is 2.94. The first-order valence-corrected chi connectivity index (χ1v) is 6.75. The van der Waals surface area contributed by atoms with Crippen LogP contribution in [0, 0.1) is 0 Å². The Bertz CT molecular complexity index is 729. The first-order chi connectivity index (χ1) is 9.84. The fourth-order valence-corrected chi connectivity index (χ4v) is 2.39. The Morgan fingerprint density at radius 2 is 1.70 bits per heavy atom. The Morgan fingerprint density at radius 1 is 0.900 bits per heavy atom. The Labute approximate surface area is 118 Å². The van der Waals surface area contributed by atoms with Crippen LogP contribution in [0.3, 0.4) is 0 Å². The van der Waals surface area contributed by atoms with Gasteiger partial charge in [0.1, 0.15) is 0 Å². The van der Waals surface area contributed by atoms with Crippen LogP contribution in [-0.2, 0) is 6.42 Å². The third-order valence-electron chi connectivity index (χ3n) is 3.42. The molecule has 2 aromatic carbocycles. The van der Waals surface area contributed by atoms with Gasteiger partial charge in [-0.05, 0) is 29.3 Å². The van der Waals surface area contributed by atoms with Crippen molar-refractivity contribution in [3.05, 3.63) is 78.1 Å². The van der Waals surface area contributed by atoms with Gasteiger partial charge in [0, 0.05) is 23.9 Å². The number of aromatic nitrogens is 1. The van der Waals surface area contributed by atoms with Crippen molar-refractivity contribution in [1.29, 1.82) is 0 Å². The fourth-order valence-electron chi connectivity index (χ4n) is 2.39. The zero-order valence-electron chi connectivity index (χ0n) is 11.1. The van der Waals surface area contributed by atoms with Crippen molar-refractivity contribution in [3.63, 3.8) is 0 Å². The van der Waals surface area contributed by atoms with Crippen LogP contribution in [0.1, 0.15) is 22.5 Å². The number of carbonyl (C=O) groups is 1. The molecule has 0 N–H and O–H groups in total. The third kappa shape index (κ3) is 2.59. The second kappa shape index (κ2) is 5.66. The van der Waals surface area contributed by atoms with Gasteiger partial charge in [0.25, 0.3) is 0 Å². The molecule has 0 spiro atoms. The molecule has 1 heterocycles. The summed E-state index contributed by atoms with van der Waals surface area (Å²) in [5.74, 6) is 0.174. The highest BCUT2D eigenvalue weighted by Gasteiger charge is 2.09. The maximum absolute atomic E-state index is 12.4. The van der Waals surface area contributed by atoms with Gasteiger partial charge in [-0.3, -0.25) is 9.78 Å². The summed E-state index contributed by atoms with van der Waals surface area (Å²) in [6, 6.07) is 19.7. The van der Waals surface area contributed by atoms with Crippen LogP contribution in [0.4, 0.5) is 0 Å². The molecule has 3 rings (SSSR count). The van der Waals surface area contributed by atoms with E-state index >= 15 is 0 Å². The van der Waals surface area contributed by atoms with Crippen LogP contribution in [0.15, 0.2) is 66.9 Å². The van der Waals surface area contributed by atoms with Crippen molar-refractivity contribution < 1.29 is 4.79 Å². The van der Waals surface area contributed by atoms with Gasteiger partial charge in [0.15, 0.2) is 5.78 Å². The lowest BCUT2D eigenvalue weighted by atomic mass is 9.98. The molecule has 0 saturated carbocycles. The molecule has 3 aromatic rings. The minimum atomic E-state index is 0.174. The summed E-state index contributed by atoms with van der Waals surface area (Å²) in [5.41, 5.74) is 1.76. The van der Waals surface area contributed by atoms with Crippen molar-refractivity contribution in [2.75, 3.05) is 0 Å². The summed E-state index contributed by atoms with van der Waals surface area (Å²) in [4.78, 5) is 16.7. The van der Waals surface area contributed by atoms with E-state index in [1.807, 2.05) is 60.7 Å². The molecule has 20 heavy (non-hydrogen) atoms. The molecular weight excluding hydrogens is 246 g/mol. The van der Waals surface area contributed by atoms with E-state index in [2.05, 4.69) is 4.98 Å². The molecule has 0 aliphatic heterocycles. The second-order valence-corrected chi connectivity index (χ2v) is 4.77. The van der Waals surface area contributed by atoms with E-state index in [9.17, 15) is 4.79 Å². The SMILES string of the molecule is O=C(CCc1ccccn1)c1cccc2ccccc12. The summed E-state index contributed by atoms with van der Waals surface area (Å²) in [7, 11) is 0. The van der Waals surface area contributed by atoms with E-state index < -0.39 is 0 Å². The predicted molar refractivity (Wildman–Crippen MR) is 80.8 cm³/mol. The molecule has 0 radical (unpaired) electrons. The zero-order chi connectivity index (χ0) is 13.8. The highest BCUT2D eigenvalue weighted by Crippen LogP contribution is 2.20. The highest BCUT2D eigenvalue weighted by atomic mass is 16.1. The fraction of sp³-hybridized carbons (Fsp3) is 0.111. The van der Waals surface area contributed by atoms with Crippen LogP contribution in [0.2, 0.25) is 0 Å². The van der Waals surface area contributed by atoms with Gasteiger partial charge in [-0.1, -0.05) is 48.5 Å². The van der Waals surface area contributed by atoms with Crippen LogP contribution in [0.5, 0.6) is 0 Å². The number of ketones is 1. The average molecular weight is 261 g/mol. The lowest BCUT2D eigenvalue weighted by molar-refractivity contribution is 0.0984. The monoisotopic (exact) mass is 261 g/mol. The number of Topliss-reactive ketones (excluding diaryl/α,β-unsaturated/α-hetero) is 1. The zero-order valence-corrected chi connectivity index (χ0v) is 11.1. The van der Waals surface area contributed by atoms with E-state index in [0.29, 0.717) is 12.8 Å². The van der Waals surface area contributed by atoms with Gasteiger partial charge in [0.05, 0.1) is 0 Å². The van der Waals surface area contributed by atoms with E-state index in [-0.39, 0.29) is 5.78 Å². The van der Waals surface area contributed by atoms with Crippen molar-refractivity contribution in [1.82, 2.24) is 4.98 Å². The molecule has 0 atom stereocenters. The molecular formula is C18H15NO. The Balaban J connectivity index is 1.82. The van der Waals surface area contributed by atoms with E-state index in [4.69, 9.17) is 0 Å². The molecule has 0 aliphatic rings. The Kier molecular flexibility index (Phi) is 3.55. The molecule has 2 nitrogen and oxygen atoms in total. The minimum absolute atomic E-state index is 0.174. The van der Waals surface area contributed by atoms with Gasteiger partial charge < -0.3 is 0 Å². The number of aryl methyl sites for hydroxylation is 1. The molecule has 0 unspecified atom stereocenters. The van der Waals surface area contributed by atoms with Gasteiger partial charge >= 0.3 is 0 Å². The molecule has 0 aliphatic carbocycles. The molecule has 1 aromatic heterocycles. The van der Waals surface area contributed by atoms with E-state index in [1.54, 1.807) is 6.20 Å². The predicted octanol–water partition coefficient (Wildman–Crippen LogP) is 4.05. The standard InChI is InChI=1S/C18H15NO/c20-18(12-11-15-8-3-4-13-19-15)17-10-5-7-14-6-1-2-9-16(14)17/h1-10,13H,11-12H2. The lowest BCUT2D eigenvalue weighted by Gasteiger charge is -2.05. The maximum atomic E-state index is 12.4. The third-order valence-corrected chi connectivity index (χ3v) is 3.42. The van der Waals surface area contributed by atoms with Crippen molar-refractivity contribution >= 4 is 16.6 Å². The minimum Gasteiger partial charge on any atom is -0.294 e. The summed E-state index contributed by atoms with van der Waals surface area (Å²) in [5, 5.41) is 2.14. The maximum Gasteiger partial charge on any atom is 0.163 e. The molecule has 0 amide bonds. The smallest absolute Gasteiger partial charge is 0.163 e. The highest BCUT2D eigenvalue weighted by molar-refractivity contribution is 6.08. The van der Waals surface area contributed by atoms with Crippen molar-refractivity contribution in [2.45, 2.75) is 12.8 Å². The number of pyridine rings is 1. The van der Waals surface area contributed by atoms with Crippen molar-refractivity contribution in [3.8, 4) is 0 Å². The van der Waals surface area contributed by atoms with Crippen LogP contribution >= 0.6 is 0 Å². The number of rotatable bonds is 4. The van der Waals surface area contributed by atoms with Gasteiger partial charge in [-0.15, -0.1) is 0 Å². The van der Waals surface area contributed by atoms with E-state index in [0.717, 1.165) is 22.0 Å². The van der Waals surface area contributed by atoms with Crippen LogP contribution in [-0.4, -0.2) is 10.8 Å². The Morgan fingerprint density at radius 3 is 2.55 bits per heavy atom. The van der Waals surface area contributed by atoms with Gasteiger partial charge in [-0.2, -0.15) is 0 Å². The van der Waals surface area contributed by atoms with Gasteiger partial charge in [0.2, 0.25) is 0 Å². The van der Waals surface area contributed by atoms with E-state index in [1.165, 1.54) is 0 Å². The number of carbonyl (C=O) groups excluding carboxylic acids is 1. The summed E-state index contributed by atoms with van der Waals surface area (Å²) < 4.78 is 0. The average Bonchev–Trinajstić information content (AvgIpc) is 2.53. The molecule has 0 bridgehead atoms. The van der Waals surface area contributed by atoms with Crippen molar-refractivity contribution in [2.24, 2.45) is 0 Å². The second-order valence-electron chi connectivity index (χ2n) is 4.77. The molecule has 0 fully saturated rings. The number of nitrogens with zero attached hydrogens (tertiary/aromatic N) is 1. The number of fused-ring (bicyclic) bond motifs is 1.